The molecule has 3 aromatic carbocycles. The Labute approximate surface area is 202 Å². The van der Waals surface area contributed by atoms with Crippen molar-refractivity contribution >= 4 is 35.0 Å². The number of benzene rings is 3. The van der Waals surface area contributed by atoms with Gasteiger partial charge in [-0.3, -0.25) is 9.36 Å². The van der Waals surface area contributed by atoms with Crippen LogP contribution in [0.5, 0.6) is 5.75 Å². The summed E-state index contributed by atoms with van der Waals surface area (Å²) >= 11 is 7.57. The Kier molecular flexibility index (Phi) is 7.65. The summed E-state index contributed by atoms with van der Waals surface area (Å²) in [5, 5.41) is 9.84. The van der Waals surface area contributed by atoms with Gasteiger partial charge in [-0.15, -0.1) is 10.2 Å². The number of ether oxygens (including phenoxy) is 1. The standard InChI is InChI=1S/C25H23ClN4O2S/c1-2-29(19-11-5-3-6-12-19)24(31)18-33-25-28-27-23(30(25)20-13-7-4-8-14-20)17-32-22-16-10-9-15-21(22)26/h3-16H,2,17-18H2,1H3. The number of anilines is 1. The van der Waals surface area contributed by atoms with E-state index in [-0.39, 0.29) is 18.3 Å². The highest BCUT2D eigenvalue weighted by molar-refractivity contribution is 7.99. The van der Waals surface area contributed by atoms with E-state index in [1.807, 2.05) is 90.4 Å². The molecule has 0 spiro atoms. The molecule has 0 saturated carbocycles. The van der Waals surface area contributed by atoms with Crippen LogP contribution >= 0.6 is 23.4 Å². The van der Waals surface area contributed by atoms with Crippen molar-refractivity contribution < 1.29 is 9.53 Å². The number of halogens is 1. The second-order valence-electron chi connectivity index (χ2n) is 7.05. The maximum Gasteiger partial charge on any atom is 0.237 e. The normalized spacial score (nSPS) is 10.7. The molecule has 1 aromatic heterocycles. The van der Waals surface area contributed by atoms with Crippen LogP contribution < -0.4 is 9.64 Å². The summed E-state index contributed by atoms with van der Waals surface area (Å²) in [6.45, 7) is 2.74. The molecule has 0 unspecified atom stereocenters. The van der Waals surface area contributed by atoms with E-state index in [2.05, 4.69) is 10.2 Å². The van der Waals surface area contributed by atoms with E-state index < -0.39 is 0 Å². The maximum atomic E-state index is 13.0. The fourth-order valence-electron chi connectivity index (χ4n) is 3.34. The predicted octanol–water partition coefficient (Wildman–Crippen LogP) is 5.64. The van der Waals surface area contributed by atoms with Crippen molar-refractivity contribution in [2.24, 2.45) is 0 Å². The van der Waals surface area contributed by atoms with Crippen LogP contribution in [0.25, 0.3) is 5.69 Å². The van der Waals surface area contributed by atoms with Crippen molar-refractivity contribution in [1.29, 1.82) is 0 Å². The van der Waals surface area contributed by atoms with Crippen LogP contribution in [0.15, 0.2) is 90.1 Å². The van der Waals surface area contributed by atoms with Crippen LogP contribution in [0.2, 0.25) is 5.02 Å². The Morgan fingerprint density at radius 1 is 0.970 bits per heavy atom. The fourth-order valence-corrected chi connectivity index (χ4v) is 4.38. The minimum Gasteiger partial charge on any atom is -0.484 e. The molecule has 0 aliphatic rings. The fraction of sp³-hybridized carbons (Fsp3) is 0.160. The zero-order valence-corrected chi connectivity index (χ0v) is 19.7. The quantitative estimate of drug-likeness (QED) is 0.291. The van der Waals surface area contributed by atoms with Gasteiger partial charge in [-0.1, -0.05) is 71.9 Å². The Bertz CT molecular complexity index is 1200. The van der Waals surface area contributed by atoms with Gasteiger partial charge in [0.05, 0.1) is 10.8 Å². The van der Waals surface area contributed by atoms with E-state index in [4.69, 9.17) is 16.3 Å². The number of hydrogen-bond donors (Lipinski definition) is 0. The molecule has 1 heterocycles. The van der Waals surface area contributed by atoms with Gasteiger partial charge in [0.2, 0.25) is 5.91 Å². The SMILES string of the molecule is CCN(C(=O)CSc1nnc(COc2ccccc2Cl)n1-c1ccccc1)c1ccccc1. The van der Waals surface area contributed by atoms with Crippen LogP contribution in [0.1, 0.15) is 12.7 Å². The molecule has 0 N–H and O–H groups in total. The molecule has 0 aliphatic heterocycles. The maximum absolute atomic E-state index is 13.0. The van der Waals surface area contributed by atoms with E-state index in [1.54, 1.807) is 11.0 Å². The third-order valence-corrected chi connectivity index (χ3v) is 6.14. The van der Waals surface area contributed by atoms with Gasteiger partial charge in [0.1, 0.15) is 12.4 Å². The monoisotopic (exact) mass is 478 g/mol. The molecule has 0 bridgehead atoms. The Hall–Kier alpha value is -3.29. The molecule has 33 heavy (non-hydrogen) atoms. The van der Waals surface area contributed by atoms with Crippen LogP contribution in [-0.4, -0.2) is 33.0 Å². The first kappa shape index (κ1) is 22.9. The number of carbonyl (C=O) groups excluding carboxylic acids is 1. The summed E-state index contributed by atoms with van der Waals surface area (Å²) < 4.78 is 7.81. The van der Waals surface area contributed by atoms with Crippen molar-refractivity contribution in [3.63, 3.8) is 0 Å². The lowest BCUT2D eigenvalue weighted by Gasteiger charge is -2.20. The molecule has 0 atom stereocenters. The summed E-state index contributed by atoms with van der Waals surface area (Å²) in [7, 11) is 0. The molecule has 168 valence electrons. The minimum absolute atomic E-state index is 0.00480. The molecule has 0 saturated heterocycles. The average Bonchev–Trinajstić information content (AvgIpc) is 3.26. The predicted molar refractivity (Wildman–Crippen MR) is 132 cm³/mol. The third kappa shape index (κ3) is 5.56. The van der Waals surface area contributed by atoms with Crippen molar-refractivity contribution in [3.8, 4) is 11.4 Å². The molecule has 0 fully saturated rings. The van der Waals surface area contributed by atoms with E-state index >= 15 is 0 Å². The lowest BCUT2D eigenvalue weighted by atomic mass is 10.3. The van der Waals surface area contributed by atoms with Gasteiger partial charge in [0.15, 0.2) is 11.0 Å². The first-order valence-corrected chi connectivity index (χ1v) is 11.9. The van der Waals surface area contributed by atoms with Crippen LogP contribution in [0.3, 0.4) is 0 Å². The van der Waals surface area contributed by atoms with E-state index in [9.17, 15) is 4.79 Å². The molecule has 4 aromatic rings. The Balaban J connectivity index is 1.54. The Morgan fingerprint density at radius 2 is 1.64 bits per heavy atom. The van der Waals surface area contributed by atoms with Crippen molar-refractivity contribution in [2.75, 3.05) is 17.2 Å². The zero-order chi connectivity index (χ0) is 23.0. The number of rotatable bonds is 9. The zero-order valence-electron chi connectivity index (χ0n) is 18.1. The lowest BCUT2D eigenvalue weighted by molar-refractivity contribution is -0.116. The molecule has 0 radical (unpaired) electrons. The lowest BCUT2D eigenvalue weighted by Crippen LogP contribution is -2.32. The number of carbonyl (C=O) groups is 1. The van der Waals surface area contributed by atoms with Crippen LogP contribution in [0.4, 0.5) is 5.69 Å². The van der Waals surface area contributed by atoms with Crippen molar-refractivity contribution in [3.05, 3.63) is 95.8 Å². The number of hydrogen-bond acceptors (Lipinski definition) is 5. The number of thioether (sulfide) groups is 1. The molecular formula is C25H23ClN4O2S. The average molecular weight is 479 g/mol. The number of nitrogens with zero attached hydrogens (tertiary/aromatic N) is 4. The van der Waals surface area contributed by atoms with Crippen LogP contribution in [0, 0.1) is 0 Å². The highest BCUT2D eigenvalue weighted by Crippen LogP contribution is 2.27. The Morgan fingerprint density at radius 3 is 2.33 bits per heavy atom. The summed E-state index contributed by atoms with van der Waals surface area (Å²) in [5.41, 5.74) is 1.77. The van der Waals surface area contributed by atoms with Gasteiger partial charge >= 0.3 is 0 Å². The van der Waals surface area contributed by atoms with E-state index in [1.165, 1.54) is 11.8 Å². The first-order valence-electron chi connectivity index (χ1n) is 10.5. The molecule has 6 nitrogen and oxygen atoms in total. The molecule has 8 heteroatoms. The second kappa shape index (κ2) is 11.0. The van der Waals surface area contributed by atoms with Gasteiger partial charge in [0.25, 0.3) is 0 Å². The van der Waals surface area contributed by atoms with E-state index in [0.29, 0.717) is 28.3 Å². The van der Waals surface area contributed by atoms with Gasteiger partial charge in [-0.05, 0) is 43.3 Å². The molecule has 4 rings (SSSR count). The second-order valence-corrected chi connectivity index (χ2v) is 8.40. The van der Waals surface area contributed by atoms with E-state index in [0.717, 1.165) is 11.4 Å². The number of para-hydroxylation sites is 3. The smallest absolute Gasteiger partial charge is 0.237 e. The minimum atomic E-state index is 0.00480. The first-order chi connectivity index (χ1) is 16.2. The third-order valence-electron chi connectivity index (χ3n) is 4.92. The largest absolute Gasteiger partial charge is 0.484 e. The van der Waals surface area contributed by atoms with Gasteiger partial charge in [-0.25, -0.2) is 0 Å². The van der Waals surface area contributed by atoms with Crippen LogP contribution in [-0.2, 0) is 11.4 Å². The highest BCUT2D eigenvalue weighted by Gasteiger charge is 2.19. The number of aromatic nitrogens is 3. The highest BCUT2D eigenvalue weighted by atomic mass is 35.5. The number of amides is 1. The topological polar surface area (TPSA) is 60.3 Å². The van der Waals surface area contributed by atoms with Crippen molar-refractivity contribution in [2.45, 2.75) is 18.7 Å². The van der Waals surface area contributed by atoms with Gasteiger partial charge in [0, 0.05) is 17.9 Å². The van der Waals surface area contributed by atoms with Gasteiger partial charge in [-0.2, -0.15) is 0 Å². The molecule has 0 aliphatic carbocycles. The molecule has 1 amide bonds. The summed E-state index contributed by atoms with van der Waals surface area (Å²) in [5.74, 6) is 1.43. The molecular weight excluding hydrogens is 456 g/mol. The summed E-state index contributed by atoms with van der Waals surface area (Å²) in [4.78, 5) is 14.7. The summed E-state index contributed by atoms with van der Waals surface area (Å²) in [6, 6.07) is 26.7. The van der Waals surface area contributed by atoms with Gasteiger partial charge < -0.3 is 9.64 Å². The summed E-state index contributed by atoms with van der Waals surface area (Å²) in [6.07, 6.45) is 0. The van der Waals surface area contributed by atoms with Crippen molar-refractivity contribution in [1.82, 2.24) is 14.8 Å².